The maximum absolute atomic E-state index is 13.7. The van der Waals surface area contributed by atoms with E-state index in [2.05, 4.69) is 11.6 Å². The molecule has 0 aromatic heterocycles. The molecule has 332 valence electrons. The van der Waals surface area contributed by atoms with Crippen molar-refractivity contribution in [2.45, 2.75) is 23.1 Å². The van der Waals surface area contributed by atoms with Gasteiger partial charge in [0.25, 0.3) is 10.1 Å². The highest BCUT2D eigenvalue weighted by Crippen LogP contribution is 2.45. The number of carboxylic acids is 1. The molecule has 2 aromatic carbocycles. The molecular weight excluding hydrogens is 831 g/mol. The van der Waals surface area contributed by atoms with Crippen LogP contribution in [0.5, 0.6) is 0 Å². The number of aromatic carboxylic acids is 1. The second kappa shape index (κ2) is 25.0. The van der Waals surface area contributed by atoms with Gasteiger partial charge in [-0.15, -0.1) is 0 Å². The Hall–Kier alpha value is -4.10. The Labute approximate surface area is 348 Å². The lowest BCUT2D eigenvalue weighted by Gasteiger charge is -2.20. The van der Waals surface area contributed by atoms with Gasteiger partial charge in [-0.2, -0.15) is 8.42 Å². The smallest absolute Gasteiger partial charge is 0.336 e. The minimum absolute atomic E-state index is 0.00501. The number of rotatable bonds is 31. The fourth-order valence-corrected chi connectivity index (χ4v) is 7.80. The first-order valence-electron chi connectivity index (χ1n) is 19.2. The molecule has 0 amide bonds. The molecule has 4 rings (SSSR count). The van der Waals surface area contributed by atoms with Crippen molar-refractivity contribution in [3.05, 3.63) is 59.5 Å². The van der Waals surface area contributed by atoms with Gasteiger partial charge in [-0.3, -0.25) is 9.96 Å². The lowest BCUT2D eigenvalue weighted by atomic mass is 9.90. The number of hydrogen-bond donors (Lipinski definition) is 5. The van der Waals surface area contributed by atoms with Gasteiger partial charge in [-0.25, -0.2) is 17.9 Å². The topological polar surface area (TPSA) is 275 Å². The van der Waals surface area contributed by atoms with Gasteiger partial charge in [0, 0.05) is 29.7 Å². The minimum atomic E-state index is -5.10. The van der Waals surface area contributed by atoms with Crippen LogP contribution in [0.15, 0.2) is 62.7 Å². The molecule has 2 aromatic rings. The Kier molecular flexibility index (Phi) is 20.2. The van der Waals surface area contributed by atoms with Gasteiger partial charge in [0.05, 0.1) is 116 Å². The minimum Gasteiger partial charge on any atom is -0.478 e. The number of carboxylic acid groups (broad SMARTS) is 1. The lowest BCUT2D eigenvalue weighted by Crippen LogP contribution is -2.29. The predicted molar refractivity (Wildman–Crippen MR) is 217 cm³/mol. The van der Waals surface area contributed by atoms with Crippen LogP contribution in [0.2, 0.25) is 0 Å². The summed E-state index contributed by atoms with van der Waals surface area (Å²) in [4.78, 5) is 10.7. The molecular formula is C39H53N3O16S2. The summed E-state index contributed by atoms with van der Waals surface area (Å²) >= 11 is 0. The molecule has 0 bridgehead atoms. The summed E-state index contributed by atoms with van der Waals surface area (Å²) in [6.07, 6.45) is 0.989. The molecule has 0 fully saturated rings. The van der Waals surface area contributed by atoms with Crippen LogP contribution >= 0.6 is 0 Å². The van der Waals surface area contributed by atoms with Gasteiger partial charge in [0.1, 0.15) is 4.90 Å². The van der Waals surface area contributed by atoms with E-state index in [9.17, 15) is 31.3 Å². The summed E-state index contributed by atoms with van der Waals surface area (Å²) < 4.78 is 114. The zero-order valence-electron chi connectivity index (χ0n) is 33.4. The van der Waals surface area contributed by atoms with Gasteiger partial charge < -0.3 is 53.2 Å². The van der Waals surface area contributed by atoms with E-state index in [4.69, 9.17) is 53.5 Å². The van der Waals surface area contributed by atoms with Crippen LogP contribution in [0.4, 0.5) is 5.69 Å². The predicted octanol–water partition coefficient (Wildman–Crippen LogP) is 3.03. The summed E-state index contributed by atoms with van der Waals surface area (Å²) in [6, 6.07) is 10.9. The number of sulfonamides is 1. The molecule has 21 heteroatoms. The van der Waals surface area contributed by atoms with Crippen LogP contribution in [0.1, 0.15) is 23.7 Å². The summed E-state index contributed by atoms with van der Waals surface area (Å²) in [5.74, 6) is -1.89. The standard InChI is InChI=1S/C39H53N3O16S2/c1-2-12-50-14-16-52-18-20-54-22-24-56-26-27-57-25-23-55-21-19-53-17-15-51-13-11-42-59(45,46)37-32(40)9-7-30-34(28-5-3-4-6-29(28)39(43)44)31-8-10-33(41)38(60(47,48)49)36(31)58-35(30)37/h3-10,41-42H,2,11-27,40H2,1H3,(H,43,44)(H,47,48,49). The number of anilines is 1. The Morgan fingerprint density at radius 3 is 1.63 bits per heavy atom. The number of fused-ring (bicyclic) bond motifs is 2. The molecule has 60 heavy (non-hydrogen) atoms. The second-order valence-electron chi connectivity index (χ2n) is 12.8. The number of nitrogens with one attached hydrogen (secondary N) is 2. The van der Waals surface area contributed by atoms with Crippen LogP contribution in [-0.2, 0) is 58.0 Å². The van der Waals surface area contributed by atoms with Gasteiger partial charge in [0.15, 0.2) is 16.2 Å². The second-order valence-corrected chi connectivity index (χ2v) is 15.8. The fourth-order valence-electron chi connectivity index (χ4n) is 5.80. The third-order valence-electron chi connectivity index (χ3n) is 8.44. The zero-order valence-corrected chi connectivity index (χ0v) is 35.0. The first-order valence-corrected chi connectivity index (χ1v) is 22.1. The van der Waals surface area contributed by atoms with Crippen molar-refractivity contribution in [3.8, 4) is 22.5 Å². The quantitative estimate of drug-likeness (QED) is 0.0210. The van der Waals surface area contributed by atoms with Crippen molar-refractivity contribution in [2.24, 2.45) is 0 Å². The summed E-state index contributed by atoms with van der Waals surface area (Å²) in [5, 5.41) is 17.6. The molecule has 0 saturated heterocycles. The summed E-state index contributed by atoms with van der Waals surface area (Å²) in [6.45, 7) is 8.23. The number of carbonyl (C=O) groups is 1. The van der Waals surface area contributed by atoms with E-state index in [1.165, 1.54) is 36.4 Å². The molecule has 0 radical (unpaired) electrons. The van der Waals surface area contributed by atoms with Crippen LogP contribution in [-0.4, -0.2) is 145 Å². The van der Waals surface area contributed by atoms with E-state index in [0.717, 1.165) is 19.1 Å². The average molecular weight is 884 g/mol. The third-order valence-corrected chi connectivity index (χ3v) is 10.9. The molecule has 0 spiro atoms. The molecule has 0 unspecified atom stereocenters. The molecule has 0 saturated carbocycles. The molecule has 1 heterocycles. The van der Waals surface area contributed by atoms with E-state index in [1.54, 1.807) is 6.07 Å². The van der Waals surface area contributed by atoms with Crippen molar-refractivity contribution in [2.75, 3.05) is 118 Å². The van der Waals surface area contributed by atoms with Crippen LogP contribution in [0, 0.1) is 5.41 Å². The highest BCUT2D eigenvalue weighted by Gasteiger charge is 2.32. The van der Waals surface area contributed by atoms with E-state index >= 15 is 0 Å². The van der Waals surface area contributed by atoms with Gasteiger partial charge in [-0.05, 0) is 42.3 Å². The summed E-state index contributed by atoms with van der Waals surface area (Å²) in [7, 11) is -9.60. The lowest BCUT2D eigenvalue weighted by molar-refractivity contribution is -0.0229. The van der Waals surface area contributed by atoms with Crippen LogP contribution in [0.3, 0.4) is 0 Å². The molecule has 1 aliphatic carbocycles. The highest BCUT2D eigenvalue weighted by atomic mass is 32.2. The zero-order chi connectivity index (χ0) is 43.4. The number of nitrogens with two attached hydrogens (primary N) is 1. The van der Waals surface area contributed by atoms with Crippen molar-refractivity contribution in [1.29, 1.82) is 5.41 Å². The molecule has 6 N–H and O–H groups in total. The van der Waals surface area contributed by atoms with Crippen molar-refractivity contribution in [1.82, 2.24) is 4.72 Å². The SMILES string of the molecule is CCCOCCOCCOCCOCCOCCOCCOCCOCCNS(=O)(=O)c1c(N)ccc2c(-c3ccccc3C(=O)O)c3ccc(=N)c(S(=O)(=O)O)c-3oc12. The van der Waals surface area contributed by atoms with E-state index in [1.807, 2.05) is 0 Å². The highest BCUT2D eigenvalue weighted by molar-refractivity contribution is 7.90. The molecule has 0 atom stereocenters. The number of hydrogen-bond acceptors (Lipinski definition) is 16. The Balaban J connectivity index is 1.19. The Bertz CT molecular complexity index is 2220. The largest absolute Gasteiger partial charge is 0.478 e. The first kappa shape index (κ1) is 48.6. The van der Waals surface area contributed by atoms with Crippen molar-refractivity contribution in [3.63, 3.8) is 0 Å². The van der Waals surface area contributed by atoms with Crippen molar-refractivity contribution < 1.29 is 73.6 Å². The number of nitrogen functional groups attached to an aromatic ring is 1. The molecule has 1 aliphatic heterocycles. The average Bonchev–Trinajstić information content (AvgIpc) is 3.20. The molecule has 2 aliphatic rings. The van der Waals surface area contributed by atoms with Gasteiger partial charge >= 0.3 is 5.97 Å². The number of ether oxygens (including phenoxy) is 8. The Morgan fingerprint density at radius 2 is 1.15 bits per heavy atom. The third kappa shape index (κ3) is 14.5. The van der Waals surface area contributed by atoms with Crippen molar-refractivity contribution >= 4 is 42.8 Å². The normalized spacial score (nSPS) is 12.2. The Morgan fingerprint density at radius 1 is 0.667 bits per heavy atom. The monoisotopic (exact) mass is 883 g/mol. The maximum Gasteiger partial charge on any atom is 0.336 e. The first-order chi connectivity index (χ1) is 28.9. The fraction of sp³-hybridized carbons (Fsp3) is 0.487. The molecule has 19 nitrogen and oxygen atoms in total. The van der Waals surface area contributed by atoms with E-state index in [0.29, 0.717) is 79.3 Å². The number of benzene rings is 3. The van der Waals surface area contributed by atoms with Gasteiger partial charge in [-0.1, -0.05) is 25.1 Å². The van der Waals surface area contributed by atoms with Gasteiger partial charge in [0.2, 0.25) is 10.0 Å². The van der Waals surface area contributed by atoms with E-state index < -0.39 is 52.6 Å². The summed E-state index contributed by atoms with van der Waals surface area (Å²) in [5.41, 5.74) is 5.44. The maximum atomic E-state index is 13.7. The van der Waals surface area contributed by atoms with Crippen LogP contribution < -0.4 is 15.8 Å². The van der Waals surface area contributed by atoms with Crippen LogP contribution in [0.25, 0.3) is 33.4 Å². The van der Waals surface area contributed by atoms with E-state index in [-0.39, 0.29) is 59.7 Å².